The van der Waals surface area contributed by atoms with Crippen molar-refractivity contribution in [2.75, 3.05) is 13.2 Å². The summed E-state index contributed by atoms with van der Waals surface area (Å²) in [6.45, 7) is 2.98. The molecule has 0 aromatic heterocycles. The SMILES string of the molecule is CC1(OCCOc2ccc(C#N)c(Cl)c2)C=CC=CC1. The minimum Gasteiger partial charge on any atom is -0.491 e. The number of allylic oxidation sites excluding steroid dienone is 2. The predicted molar refractivity (Wildman–Crippen MR) is 78.9 cm³/mol. The first-order valence-electron chi connectivity index (χ1n) is 6.44. The lowest BCUT2D eigenvalue weighted by molar-refractivity contribution is -0.00735. The van der Waals surface area contributed by atoms with E-state index in [-0.39, 0.29) is 5.60 Å². The minimum atomic E-state index is -0.250. The summed E-state index contributed by atoms with van der Waals surface area (Å²) in [5.41, 5.74) is 0.197. The van der Waals surface area contributed by atoms with E-state index in [1.807, 2.05) is 31.2 Å². The Labute approximate surface area is 124 Å². The Bertz CT molecular complexity index is 574. The molecule has 2 rings (SSSR count). The topological polar surface area (TPSA) is 42.2 Å². The average molecular weight is 290 g/mol. The van der Waals surface area contributed by atoms with E-state index in [1.54, 1.807) is 18.2 Å². The van der Waals surface area contributed by atoms with E-state index < -0.39 is 0 Å². The Morgan fingerprint density at radius 2 is 2.20 bits per heavy atom. The van der Waals surface area contributed by atoms with Crippen molar-refractivity contribution in [1.29, 1.82) is 5.26 Å². The zero-order valence-electron chi connectivity index (χ0n) is 11.3. The molecule has 1 atom stereocenters. The smallest absolute Gasteiger partial charge is 0.120 e. The molecule has 20 heavy (non-hydrogen) atoms. The maximum Gasteiger partial charge on any atom is 0.120 e. The van der Waals surface area contributed by atoms with E-state index >= 15 is 0 Å². The summed E-state index contributed by atoms with van der Waals surface area (Å²) in [4.78, 5) is 0. The van der Waals surface area contributed by atoms with Crippen LogP contribution in [0.15, 0.2) is 42.5 Å². The minimum absolute atomic E-state index is 0.250. The fraction of sp³-hybridized carbons (Fsp3) is 0.312. The van der Waals surface area contributed by atoms with Crippen molar-refractivity contribution in [3.05, 3.63) is 53.1 Å². The van der Waals surface area contributed by atoms with Gasteiger partial charge in [0.2, 0.25) is 0 Å². The Morgan fingerprint density at radius 3 is 2.85 bits per heavy atom. The van der Waals surface area contributed by atoms with E-state index in [0.717, 1.165) is 6.42 Å². The van der Waals surface area contributed by atoms with Crippen molar-refractivity contribution < 1.29 is 9.47 Å². The molecule has 0 heterocycles. The number of halogens is 1. The number of nitrogens with zero attached hydrogens (tertiary/aromatic N) is 1. The molecule has 1 aliphatic carbocycles. The molecule has 0 bridgehead atoms. The van der Waals surface area contributed by atoms with Crippen LogP contribution in [0.1, 0.15) is 18.9 Å². The third-order valence-corrected chi connectivity index (χ3v) is 3.38. The fourth-order valence-electron chi connectivity index (χ4n) is 1.93. The second-order valence-corrected chi connectivity index (χ2v) is 5.16. The normalized spacial score (nSPS) is 20.6. The molecule has 1 aromatic rings. The molecular formula is C16H16ClNO2. The van der Waals surface area contributed by atoms with E-state index in [2.05, 4.69) is 6.08 Å². The van der Waals surface area contributed by atoms with Crippen molar-refractivity contribution in [2.45, 2.75) is 18.9 Å². The molecule has 1 unspecified atom stereocenters. The van der Waals surface area contributed by atoms with Gasteiger partial charge in [-0.2, -0.15) is 5.26 Å². The Morgan fingerprint density at radius 1 is 1.35 bits per heavy atom. The highest BCUT2D eigenvalue weighted by molar-refractivity contribution is 6.31. The summed E-state index contributed by atoms with van der Waals surface area (Å²) < 4.78 is 11.4. The third-order valence-electron chi connectivity index (χ3n) is 3.06. The highest BCUT2D eigenvalue weighted by Crippen LogP contribution is 2.23. The maximum atomic E-state index is 8.79. The summed E-state index contributed by atoms with van der Waals surface area (Å²) in [7, 11) is 0. The summed E-state index contributed by atoms with van der Waals surface area (Å²) in [6.07, 6.45) is 9.00. The molecule has 1 aromatic carbocycles. The van der Waals surface area contributed by atoms with Crippen molar-refractivity contribution >= 4 is 11.6 Å². The van der Waals surface area contributed by atoms with Crippen LogP contribution >= 0.6 is 11.6 Å². The third kappa shape index (κ3) is 3.86. The molecule has 0 fully saturated rings. The molecule has 0 aliphatic heterocycles. The lowest BCUT2D eigenvalue weighted by atomic mass is 9.98. The first kappa shape index (κ1) is 14.6. The largest absolute Gasteiger partial charge is 0.491 e. The second-order valence-electron chi connectivity index (χ2n) is 4.75. The molecule has 0 amide bonds. The summed E-state index contributed by atoms with van der Waals surface area (Å²) in [5.74, 6) is 0.641. The van der Waals surface area contributed by atoms with E-state index in [0.29, 0.717) is 29.5 Å². The van der Waals surface area contributed by atoms with Gasteiger partial charge >= 0.3 is 0 Å². The van der Waals surface area contributed by atoms with Crippen LogP contribution in [0.2, 0.25) is 5.02 Å². The molecule has 3 nitrogen and oxygen atoms in total. The van der Waals surface area contributed by atoms with E-state index in [9.17, 15) is 0 Å². The average Bonchev–Trinajstić information content (AvgIpc) is 2.45. The first-order chi connectivity index (χ1) is 9.63. The van der Waals surface area contributed by atoms with Crippen LogP contribution in [0.4, 0.5) is 0 Å². The highest BCUT2D eigenvalue weighted by atomic mass is 35.5. The number of hydrogen-bond donors (Lipinski definition) is 0. The van der Waals surface area contributed by atoms with Gasteiger partial charge in [-0.25, -0.2) is 0 Å². The van der Waals surface area contributed by atoms with Gasteiger partial charge in [0.05, 0.1) is 22.8 Å². The fourth-order valence-corrected chi connectivity index (χ4v) is 2.14. The molecule has 0 spiro atoms. The van der Waals surface area contributed by atoms with Gasteiger partial charge in [0.25, 0.3) is 0 Å². The standard InChI is InChI=1S/C16H16ClNO2/c1-16(7-3-2-4-8-16)20-10-9-19-14-6-5-13(12-18)15(17)11-14/h2-7,11H,8-10H2,1H3. The zero-order chi connectivity index (χ0) is 14.4. The number of rotatable bonds is 5. The van der Waals surface area contributed by atoms with Gasteiger partial charge < -0.3 is 9.47 Å². The van der Waals surface area contributed by atoms with Crippen LogP contribution in [0, 0.1) is 11.3 Å². The Hall–Kier alpha value is -1.76. The quantitative estimate of drug-likeness (QED) is 0.773. The van der Waals surface area contributed by atoms with Crippen LogP contribution < -0.4 is 4.74 Å². The van der Waals surface area contributed by atoms with Crippen LogP contribution in [0.3, 0.4) is 0 Å². The molecule has 4 heteroatoms. The molecule has 104 valence electrons. The van der Waals surface area contributed by atoms with Crippen LogP contribution in [0.25, 0.3) is 0 Å². The number of ether oxygens (including phenoxy) is 2. The van der Waals surface area contributed by atoms with Gasteiger partial charge in [-0.1, -0.05) is 35.9 Å². The van der Waals surface area contributed by atoms with Gasteiger partial charge in [-0.05, 0) is 25.5 Å². The lowest BCUT2D eigenvalue weighted by Crippen LogP contribution is -2.28. The molecule has 0 radical (unpaired) electrons. The summed E-state index contributed by atoms with van der Waals surface area (Å²) in [5, 5.41) is 9.19. The molecule has 0 saturated heterocycles. The number of hydrogen-bond acceptors (Lipinski definition) is 3. The van der Waals surface area contributed by atoms with Crippen molar-refractivity contribution in [3.63, 3.8) is 0 Å². The van der Waals surface area contributed by atoms with Crippen LogP contribution in [-0.2, 0) is 4.74 Å². The molecule has 0 N–H and O–H groups in total. The first-order valence-corrected chi connectivity index (χ1v) is 6.81. The van der Waals surface area contributed by atoms with E-state index in [4.69, 9.17) is 26.3 Å². The second kappa shape index (κ2) is 6.60. The van der Waals surface area contributed by atoms with Crippen LogP contribution in [0.5, 0.6) is 5.75 Å². The van der Waals surface area contributed by atoms with Gasteiger partial charge in [0, 0.05) is 6.07 Å². The lowest BCUT2D eigenvalue weighted by Gasteiger charge is -2.26. The summed E-state index contributed by atoms with van der Waals surface area (Å²) in [6, 6.07) is 7.03. The van der Waals surface area contributed by atoms with Crippen molar-refractivity contribution in [3.8, 4) is 11.8 Å². The van der Waals surface area contributed by atoms with Crippen molar-refractivity contribution in [2.24, 2.45) is 0 Å². The molecule has 0 saturated carbocycles. The van der Waals surface area contributed by atoms with Gasteiger partial charge in [0.15, 0.2) is 0 Å². The maximum absolute atomic E-state index is 8.79. The summed E-state index contributed by atoms with van der Waals surface area (Å²) >= 11 is 5.94. The monoisotopic (exact) mass is 289 g/mol. The zero-order valence-corrected chi connectivity index (χ0v) is 12.1. The van der Waals surface area contributed by atoms with Gasteiger partial charge in [0.1, 0.15) is 18.4 Å². The number of benzene rings is 1. The molecular weight excluding hydrogens is 274 g/mol. The van der Waals surface area contributed by atoms with Crippen molar-refractivity contribution in [1.82, 2.24) is 0 Å². The van der Waals surface area contributed by atoms with Crippen LogP contribution in [-0.4, -0.2) is 18.8 Å². The Kier molecular flexibility index (Phi) is 4.84. The molecule has 1 aliphatic rings. The van der Waals surface area contributed by atoms with Gasteiger partial charge in [-0.3, -0.25) is 0 Å². The van der Waals surface area contributed by atoms with Gasteiger partial charge in [-0.15, -0.1) is 0 Å². The predicted octanol–water partition coefficient (Wildman–Crippen LogP) is 3.88. The number of nitriles is 1. The van der Waals surface area contributed by atoms with E-state index in [1.165, 1.54) is 0 Å². The highest BCUT2D eigenvalue weighted by Gasteiger charge is 2.21. The Balaban J connectivity index is 1.79.